The summed E-state index contributed by atoms with van der Waals surface area (Å²) in [6.07, 6.45) is 0. The predicted octanol–water partition coefficient (Wildman–Crippen LogP) is 3.71. The first kappa shape index (κ1) is 18.1. The lowest BCUT2D eigenvalue weighted by Gasteiger charge is -2.18. The van der Waals surface area contributed by atoms with E-state index in [0.29, 0.717) is 11.4 Å². The average Bonchev–Trinajstić information content (AvgIpc) is 2.56. The number of hydrogen-bond acceptors (Lipinski definition) is 3. The lowest BCUT2D eigenvalue weighted by atomic mass is 10.2. The number of carbonyl (C=O) groups is 2. The molecule has 0 radical (unpaired) electrons. The predicted molar refractivity (Wildman–Crippen MR) is 95.0 cm³/mol. The fraction of sp³-hybridized carbons (Fsp3) is 0.176. The van der Waals surface area contributed by atoms with Gasteiger partial charge in [0.2, 0.25) is 5.91 Å². The first-order valence-electron chi connectivity index (χ1n) is 7.05. The van der Waals surface area contributed by atoms with Gasteiger partial charge < -0.3 is 15.0 Å². The van der Waals surface area contributed by atoms with Crippen LogP contribution in [0, 0.1) is 0 Å². The van der Waals surface area contributed by atoms with Crippen molar-refractivity contribution < 1.29 is 14.3 Å². The monoisotopic (exact) mass is 366 g/mol. The highest BCUT2D eigenvalue weighted by atomic mass is 35.5. The van der Waals surface area contributed by atoms with E-state index < -0.39 is 0 Å². The van der Waals surface area contributed by atoms with Crippen molar-refractivity contribution in [2.45, 2.75) is 0 Å². The lowest BCUT2D eigenvalue weighted by molar-refractivity contribution is -0.116. The van der Waals surface area contributed by atoms with Crippen LogP contribution in [0.15, 0.2) is 42.5 Å². The van der Waals surface area contributed by atoms with Gasteiger partial charge in [0.15, 0.2) is 0 Å². The van der Waals surface area contributed by atoms with Crippen LogP contribution in [0.1, 0.15) is 10.4 Å². The number of nitrogens with zero attached hydrogens (tertiary/aromatic N) is 1. The molecule has 0 spiro atoms. The van der Waals surface area contributed by atoms with E-state index in [-0.39, 0.29) is 34.0 Å². The molecule has 0 bridgehead atoms. The quantitative estimate of drug-likeness (QED) is 0.877. The molecule has 1 N–H and O–H groups in total. The van der Waals surface area contributed by atoms with Crippen LogP contribution in [-0.2, 0) is 4.79 Å². The molecule has 2 amide bonds. The van der Waals surface area contributed by atoms with Gasteiger partial charge in [0.25, 0.3) is 5.91 Å². The molecule has 0 atom stereocenters. The Bertz CT molecular complexity index is 765. The second-order valence-corrected chi connectivity index (χ2v) is 5.83. The lowest BCUT2D eigenvalue weighted by Crippen LogP contribution is -2.35. The Hall–Kier alpha value is -2.24. The summed E-state index contributed by atoms with van der Waals surface area (Å²) in [7, 11) is 3.06. The molecule has 0 saturated heterocycles. The van der Waals surface area contributed by atoms with E-state index in [4.69, 9.17) is 27.9 Å². The molecule has 0 fully saturated rings. The van der Waals surface area contributed by atoms with E-state index in [0.717, 1.165) is 0 Å². The molecule has 2 aromatic carbocycles. The fourth-order valence-corrected chi connectivity index (χ4v) is 2.44. The van der Waals surface area contributed by atoms with Crippen LogP contribution in [0.3, 0.4) is 0 Å². The average molecular weight is 367 g/mol. The van der Waals surface area contributed by atoms with Gasteiger partial charge in [-0.25, -0.2) is 0 Å². The van der Waals surface area contributed by atoms with Crippen molar-refractivity contribution in [1.29, 1.82) is 0 Å². The van der Waals surface area contributed by atoms with Gasteiger partial charge in [0, 0.05) is 18.8 Å². The SMILES string of the molecule is COc1cccc(NC(=O)CN(C)C(=O)c2cccc(Cl)c2Cl)c1. The molecular weight excluding hydrogens is 351 g/mol. The molecule has 7 heteroatoms. The van der Waals surface area contributed by atoms with Gasteiger partial charge in [-0.3, -0.25) is 9.59 Å². The summed E-state index contributed by atoms with van der Waals surface area (Å²) in [4.78, 5) is 25.8. The van der Waals surface area contributed by atoms with Crippen molar-refractivity contribution in [2.24, 2.45) is 0 Å². The Morgan fingerprint density at radius 1 is 1.17 bits per heavy atom. The van der Waals surface area contributed by atoms with Gasteiger partial charge in [-0.05, 0) is 24.3 Å². The first-order chi connectivity index (χ1) is 11.4. The molecule has 2 rings (SSSR count). The number of carbonyl (C=O) groups excluding carboxylic acids is 2. The summed E-state index contributed by atoms with van der Waals surface area (Å²) in [5.41, 5.74) is 0.835. The third-order valence-electron chi connectivity index (χ3n) is 3.26. The minimum absolute atomic E-state index is 0.126. The normalized spacial score (nSPS) is 10.2. The summed E-state index contributed by atoms with van der Waals surface area (Å²) < 4.78 is 5.09. The number of benzene rings is 2. The van der Waals surface area contributed by atoms with E-state index in [1.807, 2.05) is 0 Å². The number of amides is 2. The third-order valence-corrected chi connectivity index (χ3v) is 4.08. The standard InChI is InChI=1S/C17H16Cl2N2O3/c1-21(17(23)13-7-4-8-14(18)16(13)19)10-15(22)20-11-5-3-6-12(9-11)24-2/h3-9H,10H2,1-2H3,(H,20,22). The Morgan fingerprint density at radius 3 is 2.58 bits per heavy atom. The van der Waals surface area contributed by atoms with Gasteiger partial charge in [-0.15, -0.1) is 0 Å². The van der Waals surface area contributed by atoms with Crippen LogP contribution in [0.4, 0.5) is 5.69 Å². The van der Waals surface area contributed by atoms with Gasteiger partial charge in [0.05, 0.1) is 29.3 Å². The summed E-state index contributed by atoms with van der Waals surface area (Å²) in [6.45, 7) is -0.126. The molecule has 24 heavy (non-hydrogen) atoms. The second-order valence-electron chi connectivity index (χ2n) is 5.04. The topological polar surface area (TPSA) is 58.6 Å². The summed E-state index contributed by atoms with van der Waals surface area (Å²) >= 11 is 11.9. The zero-order valence-corrected chi connectivity index (χ0v) is 14.7. The molecule has 5 nitrogen and oxygen atoms in total. The maximum atomic E-state index is 12.4. The number of hydrogen-bond donors (Lipinski definition) is 1. The van der Waals surface area contributed by atoms with Crippen LogP contribution < -0.4 is 10.1 Å². The zero-order chi connectivity index (χ0) is 17.7. The molecule has 0 aliphatic heterocycles. The van der Waals surface area contributed by atoms with Crippen molar-refractivity contribution in [3.8, 4) is 5.75 Å². The van der Waals surface area contributed by atoms with Crippen LogP contribution in [-0.4, -0.2) is 37.4 Å². The Kier molecular flexibility index (Phi) is 6.06. The third kappa shape index (κ3) is 4.40. The smallest absolute Gasteiger partial charge is 0.255 e. The van der Waals surface area contributed by atoms with Crippen molar-refractivity contribution in [2.75, 3.05) is 26.0 Å². The van der Waals surface area contributed by atoms with Crippen LogP contribution in [0.2, 0.25) is 10.0 Å². The molecule has 0 aliphatic rings. The molecule has 2 aromatic rings. The first-order valence-corrected chi connectivity index (χ1v) is 7.81. The van der Waals surface area contributed by atoms with Gasteiger partial charge >= 0.3 is 0 Å². The van der Waals surface area contributed by atoms with E-state index in [9.17, 15) is 9.59 Å². The molecule has 0 unspecified atom stereocenters. The molecule has 126 valence electrons. The minimum atomic E-state index is -0.386. The highest BCUT2D eigenvalue weighted by molar-refractivity contribution is 6.43. The Balaban J connectivity index is 2.02. The number of nitrogens with one attached hydrogen (secondary N) is 1. The Morgan fingerprint density at radius 2 is 1.88 bits per heavy atom. The maximum Gasteiger partial charge on any atom is 0.255 e. The number of anilines is 1. The second kappa shape index (κ2) is 8.04. The highest BCUT2D eigenvalue weighted by Crippen LogP contribution is 2.26. The van der Waals surface area contributed by atoms with Gasteiger partial charge in [-0.2, -0.15) is 0 Å². The minimum Gasteiger partial charge on any atom is -0.497 e. The maximum absolute atomic E-state index is 12.4. The van der Waals surface area contributed by atoms with Crippen LogP contribution in [0.5, 0.6) is 5.75 Å². The fourth-order valence-electron chi connectivity index (χ4n) is 2.06. The van der Waals surface area contributed by atoms with Crippen molar-refractivity contribution in [3.63, 3.8) is 0 Å². The van der Waals surface area contributed by atoms with Gasteiger partial charge in [0.1, 0.15) is 5.75 Å². The summed E-state index contributed by atoms with van der Waals surface area (Å²) in [5, 5.41) is 3.17. The number of methoxy groups -OCH3 is 1. The van der Waals surface area contributed by atoms with Crippen LogP contribution in [0.25, 0.3) is 0 Å². The molecule has 0 heterocycles. The summed E-state index contributed by atoms with van der Waals surface area (Å²) in [6, 6.07) is 11.7. The molecular formula is C17H16Cl2N2O3. The van der Waals surface area contributed by atoms with Crippen molar-refractivity contribution in [1.82, 2.24) is 4.90 Å². The largest absolute Gasteiger partial charge is 0.497 e. The van der Waals surface area contributed by atoms with Gasteiger partial charge in [-0.1, -0.05) is 35.3 Å². The van der Waals surface area contributed by atoms with E-state index in [2.05, 4.69) is 5.32 Å². The molecule has 0 saturated carbocycles. The zero-order valence-electron chi connectivity index (χ0n) is 13.2. The summed E-state index contributed by atoms with van der Waals surface area (Å²) in [5.74, 6) is -0.0940. The number of rotatable bonds is 5. The Labute approximate surface area is 150 Å². The van der Waals surface area contributed by atoms with E-state index >= 15 is 0 Å². The molecule has 0 aliphatic carbocycles. The number of ether oxygens (including phenoxy) is 1. The highest BCUT2D eigenvalue weighted by Gasteiger charge is 2.18. The van der Waals surface area contributed by atoms with E-state index in [1.165, 1.54) is 11.9 Å². The van der Waals surface area contributed by atoms with Crippen molar-refractivity contribution >= 4 is 40.7 Å². The van der Waals surface area contributed by atoms with Crippen LogP contribution >= 0.6 is 23.2 Å². The molecule has 0 aromatic heterocycles. The number of halogens is 2. The van der Waals surface area contributed by atoms with Crippen molar-refractivity contribution in [3.05, 3.63) is 58.1 Å². The van der Waals surface area contributed by atoms with E-state index in [1.54, 1.807) is 49.6 Å². The number of likely N-dealkylation sites (N-methyl/N-ethyl adjacent to an activating group) is 1.